The van der Waals surface area contributed by atoms with Crippen LogP contribution in [0.1, 0.15) is 0 Å². The van der Waals surface area contributed by atoms with Crippen molar-refractivity contribution in [2.24, 2.45) is 0 Å². The third-order valence-electron chi connectivity index (χ3n) is 1.55. The van der Waals surface area contributed by atoms with Gasteiger partial charge in [-0.25, -0.2) is 0 Å². The van der Waals surface area contributed by atoms with Crippen molar-refractivity contribution in [1.82, 2.24) is 5.16 Å². The Morgan fingerprint density at radius 3 is 2.83 bits per heavy atom. The third kappa shape index (κ3) is 1.34. The standard InChI is InChI=1S/C9H6ClNO/c10-8-3-1-2-7(6-8)9-4-5-11-12-9/h1-6H. The maximum absolute atomic E-state index is 5.80. The Balaban J connectivity index is 2.48. The van der Waals surface area contributed by atoms with Crippen molar-refractivity contribution in [3.63, 3.8) is 0 Å². The molecule has 0 fully saturated rings. The molecule has 3 heteroatoms. The van der Waals surface area contributed by atoms with Gasteiger partial charge < -0.3 is 4.52 Å². The SMILES string of the molecule is Clc1cccc(-c2ccno2)c1. The second-order valence-corrected chi connectivity index (χ2v) is 2.82. The Kier molecular flexibility index (Phi) is 1.84. The van der Waals surface area contributed by atoms with Gasteiger partial charge >= 0.3 is 0 Å². The Labute approximate surface area is 74.8 Å². The molecule has 0 saturated carbocycles. The first-order valence-electron chi connectivity index (χ1n) is 3.53. The van der Waals surface area contributed by atoms with Crippen LogP contribution in [0.2, 0.25) is 5.02 Å². The van der Waals surface area contributed by atoms with Crippen molar-refractivity contribution in [1.29, 1.82) is 0 Å². The van der Waals surface area contributed by atoms with E-state index in [1.54, 1.807) is 12.3 Å². The van der Waals surface area contributed by atoms with Gasteiger partial charge in [0.15, 0.2) is 5.76 Å². The minimum Gasteiger partial charge on any atom is -0.356 e. The van der Waals surface area contributed by atoms with E-state index in [0.29, 0.717) is 5.02 Å². The number of benzene rings is 1. The lowest BCUT2D eigenvalue weighted by atomic mass is 10.2. The maximum Gasteiger partial charge on any atom is 0.166 e. The van der Waals surface area contributed by atoms with Gasteiger partial charge in [-0.1, -0.05) is 28.9 Å². The molecule has 0 aliphatic heterocycles. The van der Waals surface area contributed by atoms with Crippen molar-refractivity contribution in [2.75, 3.05) is 0 Å². The highest BCUT2D eigenvalue weighted by Gasteiger charge is 2.00. The summed E-state index contributed by atoms with van der Waals surface area (Å²) in [4.78, 5) is 0. The van der Waals surface area contributed by atoms with Crippen LogP contribution in [0.25, 0.3) is 11.3 Å². The average molecular weight is 180 g/mol. The van der Waals surface area contributed by atoms with E-state index in [1.165, 1.54) is 0 Å². The smallest absolute Gasteiger partial charge is 0.166 e. The van der Waals surface area contributed by atoms with Crippen molar-refractivity contribution in [3.05, 3.63) is 41.6 Å². The van der Waals surface area contributed by atoms with Crippen LogP contribution in [0.15, 0.2) is 41.1 Å². The highest BCUT2D eigenvalue weighted by atomic mass is 35.5. The van der Waals surface area contributed by atoms with Crippen LogP contribution in [0.5, 0.6) is 0 Å². The lowest BCUT2D eigenvalue weighted by molar-refractivity contribution is 0.432. The second-order valence-electron chi connectivity index (χ2n) is 2.39. The molecule has 2 rings (SSSR count). The molecule has 0 N–H and O–H groups in total. The fraction of sp³-hybridized carbons (Fsp3) is 0. The number of hydrogen-bond donors (Lipinski definition) is 0. The lowest BCUT2D eigenvalue weighted by Crippen LogP contribution is -1.72. The lowest BCUT2D eigenvalue weighted by Gasteiger charge is -1.94. The summed E-state index contributed by atoms with van der Waals surface area (Å²) < 4.78 is 4.97. The van der Waals surface area contributed by atoms with Crippen LogP contribution in [-0.2, 0) is 0 Å². The van der Waals surface area contributed by atoms with Crippen molar-refractivity contribution in [3.8, 4) is 11.3 Å². The van der Waals surface area contributed by atoms with Gasteiger partial charge in [0.1, 0.15) is 0 Å². The molecule has 0 atom stereocenters. The highest BCUT2D eigenvalue weighted by molar-refractivity contribution is 6.30. The van der Waals surface area contributed by atoms with E-state index in [4.69, 9.17) is 16.1 Å². The molecule has 60 valence electrons. The molecule has 0 spiro atoms. The topological polar surface area (TPSA) is 26.0 Å². The summed E-state index contributed by atoms with van der Waals surface area (Å²) in [6.45, 7) is 0. The molecule has 0 saturated heterocycles. The van der Waals surface area contributed by atoms with Gasteiger partial charge in [-0.05, 0) is 12.1 Å². The fourth-order valence-electron chi connectivity index (χ4n) is 1.01. The highest BCUT2D eigenvalue weighted by Crippen LogP contribution is 2.21. The van der Waals surface area contributed by atoms with Gasteiger partial charge in [-0.3, -0.25) is 0 Å². The van der Waals surface area contributed by atoms with E-state index in [1.807, 2.05) is 24.3 Å². The first-order valence-corrected chi connectivity index (χ1v) is 3.91. The number of halogens is 1. The van der Waals surface area contributed by atoms with Crippen molar-refractivity contribution in [2.45, 2.75) is 0 Å². The zero-order valence-electron chi connectivity index (χ0n) is 6.20. The van der Waals surface area contributed by atoms with Crippen LogP contribution in [-0.4, -0.2) is 5.16 Å². The second kappa shape index (κ2) is 2.99. The third-order valence-corrected chi connectivity index (χ3v) is 1.78. The molecule has 0 unspecified atom stereocenters. The van der Waals surface area contributed by atoms with Crippen LogP contribution in [0, 0.1) is 0 Å². The number of nitrogens with zero attached hydrogens (tertiary/aromatic N) is 1. The van der Waals surface area contributed by atoms with Crippen LogP contribution in [0.3, 0.4) is 0 Å². The Bertz CT molecular complexity index is 370. The van der Waals surface area contributed by atoms with E-state index >= 15 is 0 Å². The fourth-order valence-corrected chi connectivity index (χ4v) is 1.20. The van der Waals surface area contributed by atoms with Gasteiger partial charge in [0.2, 0.25) is 0 Å². The van der Waals surface area contributed by atoms with Gasteiger partial charge in [-0.2, -0.15) is 0 Å². The normalized spacial score (nSPS) is 10.1. The summed E-state index contributed by atoms with van der Waals surface area (Å²) in [6.07, 6.45) is 1.61. The minimum absolute atomic E-state index is 0.698. The first kappa shape index (κ1) is 7.37. The van der Waals surface area contributed by atoms with Crippen LogP contribution in [0.4, 0.5) is 0 Å². The molecule has 0 aliphatic carbocycles. The summed E-state index contributed by atoms with van der Waals surface area (Å²) in [7, 11) is 0. The monoisotopic (exact) mass is 179 g/mol. The van der Waals surface area contributed by atoms with E-state index in [2.05, 4.69) is 5.16 Å². The molecule has 1 heterocycles. The molecule has 0 radical (unpaired) electrons. The number of rotatable bonds is 1. The molecule has 1 aromatic heterocycles. The molecule has 2 aromatic rings. The van der Waals surface area contributed by atoms with E-state index < -0.39 is 0 Å². The molecule has 1 aromatic carbocycles. The summed E-state index contributed by atoms with van der Waals surface area (Å²) in [6, 6.07) is 9.25. The average Bonchev–Trinajstić information content (AvgIpc) is 2.56. The maximum atomic E-state index is 5.80. The summed E-state index contributed by atoms with van der Waals surface area (Å²) in [5.41, 5.74) is 0.944. The Hall–Kier alpha value is -1.28. The predicted molar refractivity (Wildman–Crippen MR) is 46.9 cm³/mol. The van der Waals surface area contributed by atoms with Crippen molar-refractivity contribution < 1.29 is 4.52 Å². The molecule has 12 heavy (non-hydrogen) atoms. The molecule has 0 aliphatic rings. The van der Waals surface area contributed by atoms with Crippen LogP contribution < -0.4 is 0 Å². The first-order chi connectivity index (χ1) is 5.86. The van der Waals surface area contributed by atoms with E-state index in [9.17, 15) is 0 Å². The summed E-state index contributed by atoms with van der Waals surface area (Å²) in [5, 5.41) is 4.31. The largest absolute Gasteiger partial charge is 0.356 e. The zero-order valence-corrected chi connectivity index (χ0v) is 6.95. The number of aromatic nitrogens is 1. The molecule has 0 bridgehead atoms. The zero-order chi connectivity index (χ0) is 8.39. The molecular formula is C9H6ClNO. The molecule has 0 amide bonds. The summed E-state index contributed by atoms with van der Waals surface area (Å²) >= 11 is 5.80. The van der Waals surface area contributed by atoms with Gasteiger partial charge in [0.05, 0.1) is 6.20 Å². The summed E-state index contributed by atoms with van der Waals surface area (Å²) in [5.74, 6) is 0.734. The Morgan fingerprint density at radius 2 is 2.17 bits per heavy atom. The molecule has 2 nitrogen and oxygen atoms in total. The van der Waals surface area contributed by atoms with Gasteiger partial charge in [0.25, 0.3) is 0 Å². The van der Waals surface area contributed by atoms with Gasteiger partial charge in [-0.15, -0.1) is 0 Å². The minimum atomic E-state index is 0.698. The van der Waals surface area contributed by atoms with Gasteiger partial charge in [0, 0.05) is 16.7 Å². The van der Waals surface area contributed by atoms with E-state index in [-0.39, 0.29) is 0 Å². The molecular weight excluding hydrogens is 174 g/mol. The van der Waals surface area contributed by atoms with Crippen LogP contribution >= 0.6 is 11.6 Å². The quantitative estimate of drug-likeness (QED) is 0.673. The van der Waals surface area contributed by atoms with E-state index in [0.717, 1.165) is 11.3 Å². The van der Waals surface area contributed by atoms with Crippen molar-refractivity contribution >= 4 is 11.6 Å². The predicted octanol–water partition coefficient (Wildman–Crippen LogP) is 3.00. The Morgan fingerprint density at radius 1 is 1.25 bits per heavy atom. The number of hydrogen-bond acceptors (Lipinski definition) is 2.